The summed E-state index contributed by atoms with van der Waals surface area (Å²) in [6, 6.07) is 10.1. The molecule has 0 saturated heterocycles. The minimum atomic E-state index is -0.439. The van der Waals surface area contributed by atoms with Gasteiger partial charge in [-0.15, -0.1) is 0 Å². The standard InChI is InChI=1S/C16H14ClFO/c1-10-6-7-11(2)12(8-10)16(19)9-13-14(17)4-3-5-15(13)18/h3-8H,9H2,1-2H3. The van der Waals surface area contributed by atoms with Crippen molar-refractivity contribution < 1.29 is 9.18 Å². The number of ketones is 1. The third-order valence-electron chi connectivity index (χ3n) is 3.09. The fourth-order valence-electron chi connectivity index (χ4n) is 1.99. The van der Waals surface area contributed by atoms with E-state index >= 15 is 0 Å². The van der Waals surface area contributed by atoms with Crippen LogP contribution >= 0.6 is 11.6 Å². The average molecular weight is 277 g/mol. The van der Waals surface area contributed by atoms with Gasteiger partial charge in [-0.2, -0.15) is 0 Å². The van der Waals surface area contributed by atoms with E-state index in [0.29, 0.717) is 10.6 Å². The fraction of sp³-hybridized carbons (Fsp3) is 0.188. The monoisotopic (exact) mass is 276 g/mol. The Bertz CT molecular complexity index is 614. The molecule has 0 aliphatic carbocycles. The number of hydrogen-bond acceptors (Lipinski definition) is 1. The van der Waals surface area contributed by atoms with Gasteiger partial charge >= 0.3 is 0 Å². The van der Waals surface area contributed by atoms with Crippen molar-refractivity contribution in [1.29, 1.82) is 0 Å². The predicted molar refractivity (Wildman–Crippen MR) is 75.4 cm³/mol. The summed E-state index contributed by atoms with van der Waals surface area (Å²) in [6.07, 6.45) is -0.0181. The van der Waals surface area contributed by atoms with Crippen LogP contribution in [0.5, 0.6) is 0 Å². The van der Waals surface area contributed by atoms with E-state index < -0.39 is 5.82 Å². The van der Waals surface area contributed by atoms with Crippen molar-refractivity contribution >= 4 is 17.4 Å². The topological polar surface area (TPSA) is 17.1 Å². The van der Waals surface area contributed by atoms with Gasteiger partial charge in [0.1, 0.15) is 5.82 Å². The Morgan fingerprint density at radius 3 is 2.63 bits per heavy atom. The van der Waals surface area contributed by atoms with Gasteiger partial charge in [0.05, 0.1) is 0 Å². The molecule has 19 heavy (non-hydrogen) atoms. The van der Waals surface area contributed by atoms with Crippen LogP contribution < -0.4 is 0 Å². The number of hydrogen-bond donors (Lipinski definition) is 0. The van der Waals surface area contributed by atoms with Gasteiger partial charge in [0.25, 0.3) is 0 Å². The van der Waals surface area contributed by atoms with Gasteiger partial charge in [0, 0.05) is 22.6 Å². The number of carbonyl (C=O) groups excluding carboxylic acids is 1. The minimum Gasteiger partial charge on any atom is -0.294 e. The zero-order valence-electron chi connectivity index (χ0n) is 10.8. The van der Waals surface area contributed by atoms with E-state index in [2.05, 4.69) is 0 Å². The van der Waals surface area contributed by atoms with Crippen LogP contribution in [0.2, 0.25) is 5.02 Å². The largest absolute Gasteiger partial charge is 0.294 e. The molecule has 0 atom stereocenters. The lowest BCUT2D eigenvalue weighted by Crippen LogP contribution is -2.08. The number of Topliss-reactive ketones (excluding diaryl/α,β-unsaturated/α-hetero) is 1. The maximum absolute atomic E-state index is 13.7. The fourth-order valence-corrected chi connectivity index (χ4v) is 2.22. The number of halogens is 2. The molecule has 0 N–H and O–H groups in total. The lowest BCUT2D eigenvalue weighted by molar-refractivity contribution is 0.0991. The van der Waals surface area contributed by atoms with Crippen LogP contribution in [0.25, 0.3) is 0 Å². The first kappa shape index (κ1) is 13.8. The summed E-state index contributed by atoms with van der Waals surface area (Å²) in [5.74, 6) is -0.556. The highest BCUT2D eigenvalue weighted by Gasteiger charge is 2.15. The second kappa shape index (κ2) is 5.54. The number of benzene rings is 2. The lowest BCUT2D eigenvalue weighted by atomic mass is 9.97. The van der Waals surface area contributed by atoms with Crippen LogP contribution in [-0.4, -0.2) is 5.78 Å². The smallest absolute Gasteiger partial charge is 0.167 e. The van der Waals surface area contributed by atoms with E-state index in [1.54, 1.807) is 6.07 Å². The molecule has 2 rings (SSSR count). The molecule has 0 aromatic heterocycles. The quantitative estimate of drug-likeness (QED) is 0.753. The number of carbonyl (C=O) groups is 1. The van der Waals surface area contributed by atoms with Crippen molar-refractivity contribution in [2.75, 3.05) is 0 Å². The second-order valence-electron chi connectivity index (χ2n) is 4.62. The van der Waals surface area contributed by atoms with Gasteiger partial charge in [0.2, 0.25) is 0 Å². The van der Waals surface area contributed by atoms with E-state index in [1.807, 2.05) is 32.0 Å². The summed E-state index contributed by atoms with van der Waals surface area (Å²) in [6.45, 7) is 3.79. The highest BCUT2D eigenvalue weighted by molar-refractivity contribution is 6.31. The maximum atomic E-state index is 13.7. The Hall–Kier alpha value is -1.67. The highest BCUT2D eigenvalue weighted by atomic mass is 35.5. The summed E-state index contributed by atoms with van der Waals surface area (Å²) in [7, 11) is 0. The molecule has 0 fully saturated rings. The van der Waals surface area contributed by atoms with Gasteiger partial charge in [-0.05, 0) is 37.6 Å². The van der Waals surface area contributed by atoms with E-state index in [4.69, 9.17) is 11.6 Å². The van der Waals surface area contributed by atoms with Crippen molar-refractivity contribution in [3.05, 3.63) is 69.5 Å². The van der Waals surface area contributed by atoms with Gasteiger partial charge in [-0.1, -0.05) is 35.4 Å². The first-order valence-electron chi connectivity index (χ1n) is 6.02. The highest BCUT2D eigenvalue weighted by Crippen LogP contribution is 2.22. The Labute approximate surface area is 117 Å². The molecule has 0 amide bonds. The number of aryl methyl sites for hydroxylation is 2. The zero-order chi connectivity index (χ0) is 14.0. The molecule has 0 unspecified atom stereocenters. The molecule has 1 nitrogen and oxygen atoms in total. The first-order chi connectivity index (χ1) is 8.99. The van der Waals surface area contributed by atoms with Crippen LogP contribution in [0.4, 0.5) is 4.39 Å². The molecule has 0 spiro atoms. The summed E-state index contributed by atoms with van der Waals surface area (Å²) in [4.78, 5) is 12.3. The summed E-state index contributed by atoms with van der Waals surface area (Å²) in [5, 5.41) is 0.290. The average Bonchev–Trinajstić information content (AvgIpc) is 2.37. The molecule has 0 saturated carbocycles. The SMILES string of the molecule is Cc1ccc(C)c(C(=O)Cc2c(F)cccc2Cl)c1. The van der Waals surface area contributed by atoms with Gasteiger partial charge in [-0.25, -0.2) is 4.39 Å². The molecule has 3 heteroatoms. The Morgan fingerprint density at radius 1 is 1.21 bits per heavy atom. The molecule has 0 radical (unpaired) electrons. The van der Waals surface area contributed by atoms with Crippen molar-refractivity contribution in [3.63, 3.8) is 0 Å². The van der Waals surface area contributed by atoms with Crippen LogP contribution in [0.3, 0.4) is 0 Å². The van der Waals surface area contributed by atoms with Crippen molar-refractivity contribution in [1.82, 2.24) is 0 Å². The second-order valence-corrected chi connectivity index (χ2v) is 5.03. The van der Waals surface area contributed by atoms with Crippen LogP contribution in [0.15, 0.2) is 36.4 Å². The molecule has 0 aliphatic heterocycles. The van der Waals surface area contributed by atoms with Gasteiger partial charge < -0.3 is 0 Å². The van der Waals surface area contributed by atoms with E-state index in [0.717, 1.165) is 11.1 Å². The molecule has 2 aromatic carbocycles. The van der Waals surface area contributed by atoms with E-state index in [1.165, 1.54) is 12.1 Å². The lowest BCUT2D eigenvalue weighted by Gasteiger charge is -2.08. The molecule has 0 heterocycles. The molecular formula is C16H14ClFO. The van der Waals surface area contributed by atoms with Crippen LogP contribution in [0, 0.1) is 19.7 Å². The van der Waals surface area contributed by atoms with Crippen molar-refractivity contribution in [2.24, 2.45) is 0 Å². The molecule has 98 valence electrons. The molecular weight excluding hydrogens is 263 g/mol. The Kier molecular flexibility index (Phi) is 4.01. The Morgan fingerprint density at radius 2 is 1.95 bits per heavy atom. The van der Waals surface area contributed by atoms with Crippen LogP contribution in [-0.2, 0) is 6.42 Å². The summed E-state index contributed by atoms with van der Waals surface area (Å²) >= 11 is 5.94. The van der Waals surface area contributed by atoms with E-state index in [-0.39, 0.29) is 17.8 Å². The van der Waals surface area contributed by atoms with Crippen molar-refractivity contribution in [2.45, 2.75) is 20.3 Å². The van der Waals surface area contributed by atoms with Gasteiger partial charge in [0.15, 0.2) is 5.78 Å². The predicted octanol–water partition coefficient (Wildman–Crippen LogP) is 4.52. The van der Waals surface area contributed by atoms with Gasteiger partial charge in [-0.3, -0.25) is 4.79 Å². The first-order valence-corrected chi connectivity index (χ1v) is 6.40. The summed E-state index contributed by atoms with van der Waals surface area (Å²) < 4.78 is 13.7. The maximum Gasteiger partial charge on any atom is 0.167 e. The van der Waals surface area contributed by atoms with Crippen LogP contribution in [0.1, 0.15) is 27.0 Å². The zero-order valence-corrected chi connectivity index (χ0v) is 11.6. The summed E-state index contributed by atoms with van der Waals surface area (Å²) in [5.41, 5.74) is 2.78. The number of rotatable bonds is 3. The Balaban J connectivity index is 2.34. The normalized spacial score (nSPS) is 10.5. The minimum absolute atomic E-state index is 0.0181. The molecule has 2 aromatic rings. The molecule has 0 aliphatic rings. The third-order valence-corrected chi connectivity index (χ3v) is 3.45. The van der Waals surface area contributed by atoms with Crippen molar-refractivity contribution in [3.8, 4) is 0 Å². The molecule has 0 bridgehead atoms. The third kappa shape index (κ3) is 3.02. The van der Waals surface area contributed by atoms with E-state index in [9.17, 15) is 9.18 Å².